The van der Waals surface area contributed by atoms with E-state index in [1.54, 1.807) is 10.5 Å². The van der Waals surface area contributed by atoms with Gasteiger partial charge in [-0.1, -0.05) is 42.5 Å². The molecule has 2 aromatic heterocycles. The predicted molar refractivity (Wildman–Crippen MR) is 120 cm³/mol. The first-order chi connectivity index (χ1) is 14.7. The Bertz CT molecular complexity index is 1650. The van der Waals surface area contributed by atoms with E-state index in [-0.39, 0.29) is 11.5 Å². The monoisotopic (exact) mass is 389 g/mol. The highest BCUT2D eigenvalue weighted by molar-refractivity contribution is 6.22. The largest absolute Gasteiger partial charge is 0.322 e. The van der Waals surface area contributed by atoms with Crippen molar-refractivity contribution in [1.29, 1.82) is 0 Å². The van der Waals surface area contributed by atoms with E-state index in [1.807, 2.05) is 78.9 Å². The van der Waals surface area contributed by atoms with Crippen molar-refractivity contribution in [2.75, 3.05) is 5.32 Å². The number of nitrogens with one attached hydrogen (secondary N) is 1. The molecule has 4 aromatic carbocycles. The molecule has 0 aliphatic heterocycles. The first kappa shape index (κ1) is 16.7. The number of carbonyl (C=O) groups excluding carboxylic acids is 1. The predicted octanol–water partition coefficient (Wildman–Crippen LogP) is 4.84. The van der Waals surface area contributed by atoms with Gasteiger partial charge < -0.3 is 5.32 Å². The van der Waals surface area contributed by atoms with Gasteiger partial charge in [0.2, 0.25) is 0 Å². The normalized spacial score (nSPS) is 11.6. The van der Waals surface area contributed by atoms with E-state index < -0.39 is 0 Å². The number of nitrogens with zero attached hydrogens (tertiary/aromatic N) is 2. The van der Waals surface area contributed by atoms with Gasteiger partial charge >= 0.3 is 0 Å². The summed E-state index contributed by atoms with van der Waals surface area (Å²) in [5, 5.41) is 5.87. The maximum Gasteiger partial charge on any atom is 0.264 e. The highest BCUT2D eigenvalue weighted by Gasteiger charge is 2.19. The lowest BCUT2D eigenvalue weighted by molar-refractivity contribution is 0.102. The van der Waals surface area contributed by atoms with Gasteiger partial charge in [-0.2, -0.15) is 0 Å². The summed E-state index contributed by atoms with van der Waals surface area (Å²) in [7, 11) is 0. The number of benzene rings is 4. The van der Waals surface area contributed by atoms with Gasteiger partial charge in [-0.15, -0.1) is 0 Å². The zero-order chi connectivity index (χ0) is 20.2. The second kappa shape index (κ2) is 6.12. The molecule has 2 heterocycles. The Morgan fingerprint density at radius 2 is 1.53 bits per heavy atom. The Kier molecular flexibility index (Phi) is 3.40. The van der Waals surface area contributed by atoms with Gasteiger partial charge in [-0.25, -0.2) is 4.98 Å². The third-order valence-corrected chi connectivity index (χ3v) is 5.55. The van der Waals surface area contributed by atoms with Crippen molar-refractivity contribution in [1.82, 2.24) is 9.38 Å². The fraction of sp³-hybridized carbons (Fsp3) is 0. The SMILES string of the molecule is O=C(Nc1ccccc1)c1ccc2c3c1cccc3c(=O)n1c3ccccc3nc21. The van der Waals surface area contributed by atoms with Crippen LogP contribution < -0.4 is 10.9 Å². The molecular weight excluding hydrogens is 374 g/mol. The van der Waals surface area contributed by atoms with Crippen LogP contribution in [0.4, 0.5) is 5.69 Å². The number of imidazole rings is 1. The van der Waals surface area contributed by atoms with Crippen LogP contribution in [-0.2, 0) is 0 Å². The molecule has 0 aliphatic rings. The highest BCUT2D eigenvalue weighted by atomic mass is 16.1. The second-order valence-electron chi connectivity index (χ2n) is 7.27. The van der Waals surface area contributed by atoms with E-state index in [2.05, 4.69) is 5.32 Å². The maximum absolute atomic E-state index is 13.4. The van der Waals surface area contributed by atoms with Crippen molar-refractivity contribution in [3.63, 3.8) is 0 Å². The molecule has 0 atom stereocenters. The van der Waals surface area contributed by atoms with E-state index in [4.69, 9.17) is 4.98 Å². The number of pyridine rings is 1. The number of hydrogen-bond acceptors (Lipinski definition) is 3. The third kappa shape index (κ3) is 2.26. The van der Waals surface area contributed by atoms with Crippen LogP contribution in [0.1, 0.15) is 10.4 Å². The third-order valence-electron chi connectivity index (χ3n) is 5.55. The summed E-state index contributed by atoms with van der Waals surface area (Å²) in [6.45, 7) is 0. The minimum absolute atomic E-state index is 0.127. The molecular formula is C25H15N3O2. The number of anilines is 1. The molecule has 1 N–H and O–H groups in total. The van der Waals surface area contributed by atoms with Gasteiger partial charge in [0.15, 0.2) is 0 Å². The zero-order valence-corrected chi connectivity index (χ0v) is 15.8. The molecule has 0 saturated carbocycles. The Hall–Kier alpha value is -4.25. The van der Waals surface area contributed by atoms with Crippen molar-refractivity contribution in [2.24, 2.45) is 0 Å². The molecule has 5 heteroatoms. The lowest BCUT2D eigenvalue weighted by Gasteiger charge is -2.12. The second-order valence-corrected chi connectivity index (χ2v) is 7.27. The highest BCUT2D eigenvalue weighted by Crippen LogP contribution is 2.32. The number of hydrogen-bond donors (Lipinski definition) is 1. The summed E-state index contributed by atoms with van der Waals surface area (Å²) in [6, 6.07) is 26.1. The van der Waals surface area contributed by atoms with Crippen molar-refractivity contribution in [3.8, 4) is 0 Å². The Labute approximate surface area is 170 Å². The number of fused-ring (bicyclic) bond motifs is 4. The molecule has 0 saturated heterocycles. The summed E-state index contributed by atoms with van der Waals surface area (Å²) in [5.74, 6) is -0.212. The van der Waals surface area contributed by atoms with E-state index in [0.717, 1.165) is 32.9 Å². The summed E-state index contributed by atoms with van der Waals surface area (Å²) >= 11 is 0. The lowest BCUT2D eigenvalue weighted by atomic mass is 9.97. The first-order valence-corrected chi connectivity index (χ1v) is 9.67. The molecule has 0 bridgehead atoms. The van der Waals surface area contributed by atoms with Crippen LogP contribution in [0.5, 0.6) is 0 Å². The van der Waals surface area contributed by atoms with Gasteiger partial charge in [-0.3, -0.25) is 14.0 Å². The molecule has 142 valence electrons. The molecule has 6 aromatic rings. The van der Waals surface area contributed by atoms with Crippen molar-refractivity contribution >= 4 is 49.8 Å². The Morgan fingerprint density at radius 1 is 0.767 bits per heavy atom. The molecule has 30 heavy (non-hydrogen) atoms. The zero-order valence-electron chi connectivity index (χ0n) is 15.8. The van der Waals surface area contributed by atoms with E-state index in [0.29, 0.717) is 16.6 Å². The van der Waals surface area contributed by atoms with Crippen LogP contribution in [-0.4, -0.2) is 15.3 Å². The van der Waals surface area contributed by atoms with Gasteiger partial charge in [-0.05, 0) is 47.9 Å². The average Bonchev–Trinajstić information content (AvgIpc) is 3.17. The van der Waals surface area contributed by atoms with Crippen LogP contribution in [0.15, 0.2) is 89.7 Å². The van der Waals surface area contributed by atoms with Crippen molar-refractivity contribution < 1.29 is 4.79 Å². The number of aromatic nitrogens is 2. The molecule has 0 unspecified atom stereocenters. The minimum Gasteiger partial charge on any atom is -0.322 e. The molecule has 0 spiro atoms. The summed E-state index contributed by atoms with van der Waals surface area (Å²) in [5.41, 5.74) is 3.29. The topological polar surface area (TPSA) is 63.5 Å². The van der Waals surface area contributed by atoms with Crippen LogP contribution >= 0.6 is 0 Å². The van der Waals surface area contributed by atoms with E-state index in [1.165, 1.54) is 0 Å². The van der Waals surface area contributed by atoms with E-state index >= 15 is 0 Å². The van der Waals surface area contributed by atoms with Gasteiger partial charge in [0.25, 0.3) is 11.5 Å². The van der Waals surface area contributed by atoms with Crippen LogP contribution in [0, 0.1) is 0 Å². The van der Waals surface area contributed by atoms with Gasteiger partial charge in [0, 0.05) is 27.4 Å². The fourth-order valence-corrected chi connectivity index (χ4v) is 4.22. The summed E-state index contributed by atoms with van der Waals surface area (Å²) in [4.78, 5) is 31.1. The molecule has 0 radical (unpaired) electrons. The smallest absolute Gasteiger partial charge is 0.264 e. The lowest BCUT2D eigenvalue weighted by Crippen LogP contribution is -2.15. The molecule has 0 fully saturated rings. The van der Waals surface area contributed by atoms with Gasteiger partial charge in [0.1, 0.15) is 5.65 Å². The van der Waals surface area contributed by atoms with Crippen LogP contribution in [0.25, 0.3) is 38.2 Å². The summed E-state index contributed by atoms with van der Waals surface area (Å²) < 4.78 is 1.66. The first-order valence-electron chi connectivity index (χ1n) is 9.67. The van der Waals surface area contributed by atoms with E-state index in [9.17, 15) is 9.59 Å². The Balaban J connectivity index is 1.67. The number of rotatable bonds is 2. The molecule has 6 rings (SSSR count). The number of amides is 1. The van der Waals surface area contributed by atoms with Gasteiger partial charge in [0.05, 0.1) is 11.0 Å². The van der Waals surface area contributed by atoms with Crippen LogP contribution in [0.2, 0.25) is 0 Å². The Morgan fingerprint density at radius 3 is 2.40 bits per heavy atom. The van der Waals surface area contributed by atoms with Crippen molar-refractivity contribution in [2.45, 2.75) is 0 Å². The number of carbonyl (C=O) groups is 1. The van der Waals surface area contributed by atoms with Crippen LogP contribution in [0.3, 0.4) is 0 Å². The average molecular weight is 389 g/mol. The maximum atomic E-state index is 13.4. The minimum atomic E-state index is -0.212. The number of para-hydroxylation sites is 3. The standard InChI is InChI=1S/C25H15N3O2/c29-24(26-15-7-2-1-3-8-15)17-13-14-18-22-16(17)9-6-10-19(22)25(30)28-21-12-5-4-11-20(21)27-23(18)28/h1-14H,(H,26,29). The quantitative estimate of drug-likeness (QED) is 0.461. The fourth-order valence-electron chi connectivity index (χ4n) is 4.22. The molecule has 5 nitrogen and oxygen atoms in total. The molecule has 1 amide bonds. The van der Waals surface area contributed by atoms with Crippen molar-refractivity contribution in [3.05, 3.63) is 101 Å². The molecule has 0 aliphatic carbocycles. The summed E-state index contributed by atoms with van der Waals surface area (Å²) in [6.07, 6.45) is 0.